The molecular formula is C12H21ClN2O2S2. The van der Waals surface area contributed by atoms with Gasteiger partial charge in [-0.2, -0.15) is 0 Å². The van der Waals surface area contributed by atoms with Crippen molar-refractivity contribution in [2.45, 2.75) is 24.1 Å². The molecular weight excluding hydrogens is 304 g/mol. The molecule has 0 amide bonds. The van der Waals surface area contributed by atoms with Crippen molar-refractivity contribution >= 4 is 33.0 Å². The maximum Gasteiger partial charge on any atom is 0.244 e. The monoisotopic (exact) mass is 324 g/mol. The van der Waals surface area contributed by atoms with Crippen molar-refractivity contribution in [3.8, 4) is 0 Å². The molecule has 1 aromatic rings. The van der Waals surface area contributed by atoms with E-state index in [4.69, 9.17) is 11.6 Å². The van der Waals surface area contributed by atoms with Gasteiger partial charge in [-0.15, -0.1) is 22.9 Å². The number of aryl methyl sites for hydroxylation is 1. The Morgan fingerprint density at radius 3 is 2.42 bits per heavy atom. The molecule has 0 N–H and O–H groups in total. The van der Waals surface area contributed by atoms with Crippen LogP contribution in [0.1, 0.15) is 16.9 Å². The number of thiophene rings is 1. The summed E-state index contributed by atoms with van der Waals surface area (Å²) in [6.45, 7) is 3.19. The Labute approximate surface area is 125 Å². The Hall–Kier alpha value is -0.140. The van der Waals surface area contributed by atoms with Crippen LogP contribution in [0.5, 0.6) is 0 Å². The van der Waals surface area contributed by atoms with Crippen LogP contribution in [0.3, 0.4) is 0 Å². The van der Waals surface area contributed by atoms with E-state index in [0.717, 1.165) is 23.4 Å². The van der Waals surface area contributed by atoms with Crippen LogP contribution in [-0.2, 0) is 15.9 Å². The highest BCUT2D eigenvalue weighted by atomic mass is 35.5. The second-order valence-electron chi connectivity index (χ2n) is 4.79. The zero-order valence-corrected chi connectivity index (χ0v) is 14.2. The summed E-state index contributed by atoms with van der Waals surface area (Å²) in [5.74, 6) is 0.235. The summed E-state index contributed by atoms with van der Waals surface area (Å²) < 4.78 is 26.5. The lowest BCUT2D eigenvalue weighted by atomic mass is 10.3. The predicted octanol–water partition coefficient (Wildman–Crippen LogP) is 2.37. The van der Waals surface area contributed by atoms with Gasteiger partial charge in [-0.3, -0.25) is 0 Å². The minimum atomic E-state index is -3.43. The van der Waals surface area contributed by atoms with Gasteiger partial charge in [-0.25, -0.2) is 12.7 Å². The molecule has 0 spiro atoms. The maximum atomic E-state index is 12.5. The molecule has 110 valence electrons. The van der Waals surface area contributed by atoms with Gasteiger partial charge in [0.15, 0.2) is 0 Å². The van der Waals surface area contributed by atoms with E-state index >= 15 is 0 Å². The minimum Gasteiger partial charge on any atom is -0.309 e. The number of alkyl halides is 1. The molecule has 0 aromatic carbocycles. The highest BCUT2D eigenvalue weighted by Crippen LogP contribution is 2.30. The number of rotatable bonds is 7. The Morgan fingerprint density at radius 1 is 1.26 bits per heavy atom. The van der Waals surface area contributed by atoms with Crippen molar-refractivity contribution < 1.29 is 8.42 Å². The van der Waals surface area contributed by atoms with Gasteiger partial charge in [0, 0.05) is 18.5 Å². The lowest BCUT2D eigenvalue weighted by Gasteiger charge is -2.19. The molecule has 0 atom stereocenters. The van der Waals surface area contributed by atoms with Crippen LogP contribution in [0, 0.1) is 6.92 Å². The van der Waals surface area contributed by atoms with E-state index < -0.39 is 10.0 Å². The normalized spacial score (nSPS) is 12.6. The summed E-state index contributed by atoms with van der Waals surface area (Å²) in [6, 6.07) is 0. The summed E-state index contributed by atoms with van der Waals surface area (Å²) in [5.41, 5.74) is 0.778. The number of sulfonamides is 1. The van der Waals surface area contributed by atoms with Crippen LogP contribution in [0.4, 0.5) is 0 Å². The van der Waals surface area contributed by atoms with Crippen molar-refractivity contribution in [2.24, 2.45) is 0 Å². The van der Waals surface area contributed by atoms with E-state index in [1.54, 1.807) is 7.05 Å². The summed E-state index contributed by atoms with van der Waals surface area (Å²) >= 11 is 7.23. The minimum absolute atomic E-state index is 0.235. The lowest BCUT2D eigenvalue weighted by molar-refractivity contribution is 0.370. The van der Waals surface area contributed by atoms with Gasteiger partial charge in [0.1, 0.15) is 4.90 Å². The number of halogens is 1. The molecule has 0 saturated heterocycles. The quantitative estimate of drug-likeness (QED) is 0.723. The first-order chi connectivity index (χ1) is 8.80. The van der Waals surface area contributed by atoms with Crippen LogP contribution in [-0.4, -0.2) is 51.9 Å². The number of hydrogen-bond acceptors (Lipinski definition) is 4. The highest BCUT2D eigenvalue weighted by molar-refractivity contribution is 7.89. The SMILES string of the molecule is Cc1csc(CCl)c1S(=O)(=O)N(C)CCCN(C)C. The fourth-order valence-electron chi connectivity index (χ4n) is 1.81. The standard InChI is InChI=1S/C12H21ClN2O2S2/c1-10-9-18-11(8-13)12(10)19(16,17)15(4)7-5-6-14(2)3/h9H,5-8H2,1-4H3. The van der Waals surface area contributed by atoms with Gasteiger partial charge < -0.3 is 4.90 Å². The smallest absolute Gasteiger partial charge is 0.244 e. The summed E-state index contributed by atoms with van der Waals surface area (Å²) in [5, 5.41) is 1.85. The van der Waals surface area contributed by atoms with Crippen molar-refractivity contribution in [2.75, 3.05) is 34.2 Å². The van der Waals surface area contributed by atoms with E-state index in [0.29, 0.717) is 11.4 Å². The molecule has 0 aliphatic rings. The zero-order chi connectivity index (χ0) is 14.6. The summed E-state index contributed by atoms with van der Waals surface area (Å²) in [7, 11) is 2.15. The average Bonchev–Trinajstić information content (AvgIpc) is 2.70. The molecule has 0 radical (unpaired) electrons. The first-order valence-electron chi connectivity index (χ1n) is 6.04. The number of nitrogens with zero attached hydrogens (tertiary/aromatic N) is 2. The maximum absolute atomic E-state index is 12.5. The molecule has 19 heavy (non-hydrogen) atoms. The van der Waals surface area contributed by atoms with Crippen molar-refractivity contribution in [1.82, 2.24) is 9.21 Å². The van der Waals surface area contributed by atoms with Gasteiger partial charge in [0.25, 0.3) is 0 Å². The van der Waals surface area contributed by atoms with E-state index in [1.165, 1.54) is 15.6 Å². The highest BCUT2D eigenvalue weighted by Gasteiger charge is 2.26. The number of hydrogen-bond donors (Lipinski definition) is 0. The Balaban J connectivity index is 2.87. The summed E-state index contributed by atoms with van der Waals surface area (Å²) in [6.07, 6.45) is 0.808. The Kier molecular flexibility index (Phi) is 6.26. The molecule has 1 rings (SSSR count). The molecule has 0 saturated carbocycles. The van der Waals surface area contributed by atoms with Crippen LogP contribution in [0.2, 0.25) is 0 Å². The van der Waals surface area contributed by atoms with Crippen LogP contribution < -0.4 is 0 Å². The average molecular weight is 325 g/mol. The first kappa shape index (κ1) is 16.9. The Morgan fingerprint density at radius 2 is 1.89 bits per heavy atom. The fraction of sp³-hybridized carbons (Fsp3) is 0.667. The van der Waals surface area contributed by atoms with Gasteiger partial charge >= 0.3 is 0 Å². The van der Waals surface area contributed by atoms with Gasteiger partial charge in [-0.1, -0.05) is 0 Å². The van der Waals surface area contributed by atoms with E-state index in [9.17, 15) is 8.42 Å². The predicted molar refractivity (Wildman–Crippen MR) is 81.6 cm³/mol. The molecule has 4 nitrogen and oxygen atoms in total. The third kappa shape index (κ3) is 4.16. The molecule has 7 heteroatoms. The fourth-order valence-corrected chi connectivity index (χ4v) is 5.02. The first-order valence-corrected chi connectivity index (χ1v) is 8.90. The molecule has 1 aromatic heterocycles. The topological polar surface area (TPSA) is 40.6 Å². The Bertz CT molecular complexity index is 512. The lowest BCUT2D eigenvalue weighted by Crippen LogP contribution is -2.30. The van der Waals surface area contributed by atoms with Gasteiger partial charge in [-0.05, 0) is 44.9 Å². The third-order valence-electron chi connectivity index (χ3n) is 2.86. The summed E-state index contributed by atoms with van der Waals surface area (Å²) in [4.78, 5) is 3.15. The van der Waals surface area contributed by atoms with Crippen LogP contribution in [0.15, 0.2) is 10.3 Å². The van der Waals surface area contributed by atoms with Crippen LogP contribution in [0.25, 0.3) is 0 Å². The van der Waals surface area contributed by atoms with E-state index in [1.807, 2.05) is 31.3 Å². The van der Waals surface area contributed by atoms with Crippen molar-refractivity contribution in [3.63, 3.8) is 0 Å². The van der Waals surface area contributed by atoms with E-state index in [2.05, 4.69) is 0 Å². The largest absolute Gasteiger partial charge is 0.309 e. The molecule has 1 heterocycles. The van der Waals surface area contributed by atoms with Crippen molar-refractivity contribution in [3.05, 3.63) is 15.8 Å². The second-order valence-corrected chi connectivity index (χ2v) is 8.00. The molecule has 0 aliphatic heterocycles. The van der Waals surface area contributed by atoms with E-state index in [-0.39, 0.29) is 5.88 Å². The molecule has 0 bridgehead atoms. The third-order valence-corrected chi connectivity index (χ3v) is 6.60. The molecule has 0 fully saturated rings. The molecule has 0 unspecified atom stereocenters. The van der Waals surface area contributed by atoms with Crippen molar-refractivity contribution in [1.29, 1.82) is 0 Å². The van der Waals surface area contributed by atoms with Gasteiger partial charge in [0.05, 0.1) is 5.88 Å². The molecule has 0 aliphatic carbocycles. The second kappa shape index (κ2) is 7.04. The zero-order valence-electron chi connectivity index (χ0n) is 11.8. The van der Waals surface area contributed by atoms with Crippen LogP contribution >= 0.6 is 22.9 Å². The van der Waals surface area contributed by atoms with Gasteiger partial charge in [0.2, 0.25) is 10.0 Å².